The Morgan fingerprint density at radius 1 is 1.21 bits per heavy atom. The van der Waals surface area contributed by atoms with E-state index >= 15 is 0 Å². The predicted octanol–water partition coefficient (Wildman–Crippen LogP) is 1.44. The smallest absolute Gasteiger partial charge is 0.276 e. The van der Waals surface area contributed by atoms with E-state index in [0.29, 0.717) is 27.0 Å². The molecule has 1 N–H and O–H groups in total. The Hall–Kier alpha value is -3.46. The summed E-state index contributed by atoms with van der Waals surface area (Å²) in [6.45, 7) is 0. The fourth-order valence-electron chi connectivity index (χ4n) is 3.05. The minimum absolute atomic E-state index is 0.00357. The highest BCUT2D eigenvalue weighted by atomic mass is 32.2. The van der Waals surface area contributed by atoms with Gasteiger partial charge in [0, 0.05) is 11.3 Å². The number of nitro groups is 1. The largest absolute Gasteiger partial charge is 0.298 e. The predicted molar refractivity (Wildman–Crippen MR) is 107 cm³/mol. The topological polar surface area (TPSA) is 100 Å². The van der Waals surface area contributed by atoms with Gasteiger partial charge in [0.25, 0.3) is 11.6 Å². The Kier molecular flexibility index (Phi) is 4.66. The highest BCUT2D eigenvalue weighted by molar-refractivity contribution is 8.13. The first-order valence-corrected chi connectivity index (χ1v) is 9.63. The third kappa shape index (κ3) is 3.16. The van der Waals surface area contributed by atoms with Crippen molar-refractivity contribution in [3.63, 3.8) is 0 Å². The highest BCUT2D eigenvalue weighted by Gasteiger charge is 2.32. The molecule has 1 unspecified atom stereocenters. The van der Waals surface area contributed by atoms with Crippen molar-refractivity contribution >= 4 is 40.3 Å². The minimum atomic E-state index is -0.599. The molecule has 4 rings (SSSR count). The van der Waals surface area contributed by atoms with E-state index < -0.39 is 11.1 Å². The molecule has 2 aromatic rings. The number of carbonyl (C=O) groups is 1. The Labute approximate surface area is 164 Å². The lowest BCUT2D eigenvalue weighted by Gasteiger charge is -2.32. The summed E-state index contributed by atoms with van der Waals surface area (Å²) in [5.41, 5.74) is 0.864. The molecule has 0 aromatic heterocycles. The summed E-state index contributed by atoms with van der Waals surface area (Å²) in [5.74, 6) is -0.259. The second kappa shape index (κ2) is 7.28. The molecule has 2 aromatic carbocycles. The Balaban J connectivity index is 1.83. The molecule has 0 radical (unpaired) electrons. The summed E-state index contributed by atoms with van der Waals surface area (Å²) < 4.78 is 0. The molecule has 140 valence electrons. The number of nitrogens with one attached hydrogen (secondary N) is 1. The van der Waals surface area contributed by atoms with E-state index in [2.05, 4.69) is 15.4 Å². The van der Waals surface area contributed by atoms with Crippen LogP contribution in [0.25, 0.3) is 11.8 Å². The average Bonchev–Trinajstić information content (AvgIpc) is 2.71. The van der Waals surface area contributed by atoms with Gasteiger partial charge in [-0.3, -0.25) is 25.2 Å². The first kappa shape index (κ1) is 17.9. The van der Waals surface area contributed by atoms with Gasteiger partial charge in [0.15, 0.2) is 11.3 Å². The summed E-state index contributed by atoms with van der Waals surface area (Å²) in [6, 6.07) is 13.8. The van der Waals surface area contributed by atoms with Crippen molar-refractivity contribution in [2.45, 2.75) is 6.17 Å². The normalized spacial score (nSPS) is 18.1. The lowest BCUT2D eigenvalue weighted by atomic mass is 10.1. The molecule has 28 heavy (non-hydrogen) atoms. The van der Waals surface area contributed by atoms with E-state index in [-0.39, 0.29) is 11.6 Å². The quantitative estimate of drug-likeness (QED) is 0.628. The van der Waals surface area contributed by atoms with Gasteiger partial charge < -0.3 is 0 Å². The number of amidine groups is 1. The third-order valence-electron chi connectivity index (χ3n) is 4.32. The molecule has 2 aliphatic rings. The van der Waals surface area contributed by atoms with Gasteiger partial charge in [-0.15, -0.1) is 5.10 Å². The molecule has 1 atom stereocenters. The van der Waals surface area contributed by atoms with Gasteiger partial charge in [-0.2, -0.15) is 0 Å². The number of benzene rings is 2. The molecule has 0 saturated carbocycles. The Morgan fingerprint density at radius 3 is 2.75 bits per heavy atom. The number of para-hydroxylation sites is 2. The second-order valence-corrected chi connectivity index (χ2v) is 6.79. The van der Waals surface area contributed by atoms with Crippen molar-refractivity contribution in [1.29, 1.82) is 0 Å². The summed E-state index contributed by atoms with van der Waals surface area (Å²) in [7, 11) is 0. The van der Waals surface area contributed by atoms with Crippen molar-refractivity contribution < 1.29 is 9.72 Å². The number of nitrogens with zero attached hydrogens (tertiary/aromatic N) is 4. The van der Waals surface area contributed by atoms with Crippen LogP contribution in [-0.2, 0) is 4.79 Å². The van der Waals surface area contributed by atoms with Crippen LogP contribution < -0.4 is 15.9 Å². The van der Waals surface area contributed by atoms with E-state index in [1.807, 2.05) is 30.5 Å². The van der Waals surface area contributed by atoms with Gasteiger partial charge in [0.1, 0.15) is 5.70 Å². The zero-order valence-corrected chi connectivity index (χ0v) is 15.6. The van der Waals surface area contributed by atoms with Crippen LogP contribution in [0.4, 0.5) is 5.69 Å². The van der Waals surface area contributed by atoms with E-state index in [0.717, 1.165) is 0 Å². The molecule has 0 aliphatic carbocycles. The van der Waals surface area contributed by atoms with Crippen LogP contribution >= 0.6 is 11.8 Å². The molecule has 0 saturated heterocycles. The van der Waals surface area contributed by atoms with Gasteiger partial charge in [-0.05, 0) is 30.5 Å². The number of hydrogen-bond donors (Lipinski definition) is 1. The van der Waals surface area contributed by atoms with E-state index in [1.54, 1.807) is 35.4 Å². The highest BCUT2D eigenvalue weighted by Crippen LogP contribution is 2.23. The number of nitro benzene ring substituents is 1. The average molecular weight is 393 g/mol. The molecule has 0 fully saturated rings. The summed E-state index contributed by atoms with van der Waals surface area (Å²) in [5, 5.41) is 21.9. The lowest BCUT2D eigenvalue weighted by Crippen LogP contribution is -2.52. The molecule has 8 nitrogen and oxygen atoms in total. The molecular weight excluding hydrogens is 378 g/mol. The number of hydrazone groups is 1. The third-order valence-corrected chi connectivity index (χ3v) is 4.89. The number of hydrogen-bond acceptors (Lipinski definition) is 7. The van der Waals surface area contributed by atoms with Crippen molar-refractivity contribution in [2.24, 2.45) is 10.1 Å². The van der Waals surface area contributed by atoms with Crippen LogP contribution in [-0.4, -0.2) is 33.4 Å². The summed E-state index contributed by atoms with van der Waals surface area (Å²) in [4.78, 5) is 28.2. The van der Waals surface area contributed by atoms with Gasteiger partial charge in [0.05, 0.1) is 15.8 Å². The number of carbonyl (C=O) groups excluding carboxylic acids is 1. The molecule has 0 spiro atoms. The first-order chi connectivity index (χ1) is 13.6. The fourth-order valence-corrected chi connectivity index (χ4v) is 3.42. The summed E-state index contributed by atoms with van der Waals surface area (Å²) >= 11 is 1.32. The Morgan fingerprint density at radius 2 is 1.96 bits per heavy atom. The van der Waals surface area contributed by atoms with E-state index in [1.165, 1.54) is 17.8 Å². The van der Waals surface area contributed by atoms with Crippen LogP contribution in [0.3, 0.4) is 0 Å². The molecule has 1 amide bonds. The van der Waals surface area contributed by atoms with E-state index in [4.69, 9.17) is 0 Å². The van der Waals surface area contributed by atoms with Gasteiger partial charge in [-0.25, -0.2) is 5.01 Å². The standard InChI is InChI=1S/C19H15N5O3S/c1-28-19-21-18(25)17-13-7-3-4-8-14(13)20-16(23(17)22-19)11-10-12-6-2-5-9-15(12)24(26)27/h2-11,16H,1H3,(H,21,22,25)/b11-10+. The summed E-state index contributed by atoms with van der Waals surface area (Å²) in [6.07, 6.45) is 4.56. The van der Waals surface area contributed by atoms with Crippen molar-refractivity contribution in [3.05, 3.63) is 80.9 Å². The second-order valence-electron chi connectivity index (χ2n) is 5.99. The molecule has 2 aliphatic heterocycles. The maximum atomic E-state index is 12.7. The van der Waals surface area contributed by atoms with Crippen LogP contribution in [0.2, 0.25) is 0 Å². The molecular formula is C19H15N5O3S. The Bertz CT molecular complexity index is 1160. The molecule has 9 heteroatoms. The van der Waals surface area contributed by atoms with Gasteiger partial charge >= 0.3 is 0 Å². The van der Waals surface area contributed by atoms with Crippen LogP contribution in [0.15, 0.2) is 64.7 Å². The molecule has 0 bridgehead atoms. The van der Waals surface area contributed by atoms with Crippen molar-refractivity contribution in [3.8, 4) is 0 Å². The van der Waals surface area contributed by atoms with Gasteiger partial charge in [-0.1, -0.05) is 42.1 Å². The number of amides is 1. The first-order valence-electron chi connectivity index (χ1n) is 8.40. The van der Waals surface area contributed by atoms with E-state index in [9.17, 15) is 14.9 Å². The maximum absolute atomic E-state index is 12.7. The van der Waals surface area contributed by atoms with Crippen molar-refractivity contribution in [1.82, 2.24) is 10.3 Å². The lowest BCUT2D eigenvalue weighted by molar-refractivity contribution is -0.385. The zero-order valence-electron chi connectivity index (χ0n) is 14.8. The maximum Gasteiger partial charge on any atom is 0.276 e. The number of fused-ring (bicyclic) bond motifs is 2. The molecule has 2 heterocycles. The zero-order chi connectivity index (χ0) is 19.7. The van der Waals surface area contributed by atoms with Crippen LogP contribution in [0, 0.1) is 10.1 Å². The fraction of sp³-hybridized carbons (Fsp3) is 0.105. The van der Waals surface area contributed by atoms with Crippen molar-refractivity contribution in [2.75, 3.05) is 6.26 Å². The minimum Gasteiger partial charge on any atom is -0.298 e. The SMILES string of the molecule is CSC1=NN2C(=c3ccccc3=NC2/C=C/c2ccccc2[N+](=O)[O-])C(=O)N1. The number of thioether (sulfide) groups is 1. The van der Waals surface area contributed by atoms with Crippen LogP contribution in [0.1, 0.15) is 5.56 Å². The van der Waals surface area contributed by atoms with Gasteiger partial charge in [0.2, 0.25) is 0 Å². The monoisotopic (exact) mass is 393 g/mol. The van der Waals surface area contributed by atoms with Crippen LogP contribution in [0.5, 0.6) is 0 Å². The number of rotatable bonds is 3.